The lowest BCUT2D eigenvalue weighted by Gasteiger charge is -2.39. The van der Waals surface area contributed by atoms with Crippen LogP contribution in [0.5, 0.6) is 5.75 Å². The van der Waals surface area contributed by atoms with Crippen molar-refractivity contribution in [2.75, 3.05) is 56.2 Å². The molecule has 2 fully saturated rings. The summed E-state index contributed by atoms with van der Waals surface area (Å²) in [6, 6.07) is 14.5. The van der Waals surface area contributed by atoms with Gasteiger partial charge < -0.3 is 19.4 Å². The van der Waals surface area contributed by atoms with Gasteiger partial charge >= 0.3 is 0 Å². The number of methoxy groups -OCH3 is 1. The van der Waals surface area contributed by atoms with Gasteiger partial charge in [0.05, 0.1) is 13.0 Å². The smallest absolute Gasteiger partial charge is 0.227 e. The fourth-order valence-corrected chi connectivity index (χ4v) is 5.54. The van der Waals surface area contributed by atoms with E-state index in [1.54, 1.807) is 19.2 Å². The third-order valence-electron chi connectivity index (χ3n) is 6.80. The minimum atomic E-state index is -0.244. The Kier molecular flexibility index (Phi) is 7.13. The SMILES string of the molecule is COc1ccc(N2CCN(C(=O)C3CCCN(c4nc(Cc5ccc(F)cc5)ns4)C3)CC2)cc1. The van der Waals surface area contributed by atoms with Crippen molar-refractivity contribution in [1.29, 1.82) is 0 Å². The van der Waals surface area contributed by atoms with Gasteiger partial charge in [0.25, 0.3) is 0 Å². The number of hydrogen-bond donors (Lipinski definition) is 0. The molecule has 1 unspecified atom stereocenters. The van der Waals surface area contributed by atoms with Crippen molar-refractivity contribution in [3.63, 3.8) is 0 Å². The van der Waals surface area contributed by atoms with Crippen molar-refractivity contribution in [3.8, 4) is 5.75 Å². The minimum absolute atomic E-state index is 0.0132. The molecule has 0 saturated carbocycles. The number of ether oxygens (including phenoxy) is 1. The summed E-state index contributed by atoms with van der Waals surface area (Å²) in [5, 5.41) is 0.865. The molecule has 2 aromatic carbocycles. The summed E-state index contributed by atoms with van der Waals surface area (Å²) < 4.78 is 22.9. The first-order chi connectivity index (χ1) is 17.1. The maximum absolute atomic E-state index is 13.3. The molecule has 3 aromatic rings. The number of carbonyl (C=O) groups excluding carboxylic acids is 1. The molecular formula is C26H30FN5O2S. The zero-order chi connectivity index (χ0) is 24.2. The largest absolute Gasteiger partial charge is 0.497 e. The van der Waals surface area contributed by atoms with Gasteiger partial charge in [-0.05, 0) is 54.8 Å². The lowest BCUT2D eigenvalue weighted by atomic mass is 9.96. The second-order valence-corrected chi connectivity index (χ2v) is 9.82. The maximum Gasteiger partial charge on any atom is 0.227 e. The summed E-state index contributed by atoms with van der Waals surface area (Å²) in [7, 11) is 1.67. The Hall–Kier alpha value is -3.20. The van der Waals surface area contributed by atoms with Crippen molar-refractivity contribution in [3.05, 3.63) is 65.7 Å². The Morgan fingerprint density at radius 3 is 2.49 bits per heavy atom. The molecular weight excluding hydrogens is 465 g/mol. The van der Waals surface area contributed by atoms with E-state index < -0.39 is 0 Å². The molecule has 0 radical (unpaired) electrons. The highest BCUT2D eigenvalue weighted by molar-refractivity contribution is 7.09. The van der Waals surface area contributed by atoms with E-state index >= 15 is 0 Å². The highest BCUT2D eigenvalue weighted by atomic mass is 32.1. The van der Waals surface area contributed by atoms with Gasteiger partial charge in [-0.15, -0.1) is 0 Å². The summed E-state index contributed by atoms with van der Waals surface area (Å²) in [5.74, 6) is 1.58. The van der Waals surface area contributed by atoms with Crippen LogP contribution in [0.3, 0.4) is 0 Å². The molecule has 3 heterocycles. The number of carbonyl (C=O) groups is 1. The van der Waals surface area contributed by atoms with E-state index in [-0.39, 0.29) is 17.6 Å². The third kappa shape index (κ3) is 5.56. The summed E-state index contributed by atoms with van der Waals surface area (Å²) >= 11 is 1.38. The van der Waals surface area contributed by atoms with Gasteiger partial charge in [0.2, 0.25) is 11.0 Å². The molecule has 1 aromatic heterocycles. The van der Waals surface area contributed by atoms with Crippen molar-refractivity contribution in [2.45, 2.75) is 19.3 Å². The Balaban J connectivity index is 1.15. The van der Waals surface area contributed by atoms with Crippen LogP contribution >= 0.6 is 11.5 Å². The summed E-state index contributed by atoms with van der Waals surface area (Å²) in [6.45, 7) is 4.71. The molecule has 0 aliphatic carbocycles. The van der Waals surface area contributed by atoms with Gasteiger partial charge in [-0.25, -0.2) is 9.37 Å². The summed E-state index contributed by atoms with van der Waals surface area (Å²) in [6.07, 6.45) is 2.45. The number of anilines is 2. The monoisotopic (exact) mass is 495 g/mol. The number of aromatic nitrogens is 2. The molecule has 0 N–H and O–H groups in total. The van der Waals surface area contributed by atoms with E-state index in [0.29, 0.717) is 13.0 Å². The quantitative estimate of drug-likeness (QED) is 0.518. The Morgan fingerprint density at radius 1 is 1.03 bits per heavy atom. The molecule has 2 saturated heterocycles. The fraction of sp³-hybridized carbons (Fsp3) is 0.423. The normalized spacial score (nSPS) is 18.6. The van der Waals surface area contributed by atoms with E-state index in [9.17, 15) is 9.18 Å². The van der Waals surface area contributed by atoms with Crippen LogP contribution in [-0.4, -0.2) is 66.5 Å². The summed E-state index contributed by atoms with van der Waals surface area (Å²) in [5.41, 5.74) is 2.14. The maximum atomic E-state index is 13.3. The van der Waals surface area contributed by atoms with E-state index in [0.717, 1.165) is 73.5 Å². The van der Waals surface area contributed by atoms with Gasteiger partial charge in [0.1, 0.15) is 17.4 Å². The molecule has 1 amide bonds. The van der Waals surface area contributed by atoms with Crippen LogP contribution in [0.25, 0.3) is 0 Å². The van der Waals surface area contributed by atoms with Crippen molar-refractivity contribution in [1.82, 2.24) is 14.3 Å². The number of hydrogen-bond acceptors (Lipinski definition) is 7. The first-order valence-electron chi connectivity index (χ1n) is 12.1. The minimum Gasteiger partial charge on any atom is -0.497 e. The molecule has 1 atom stereocenters. The van der Waals surface area contributed by atoms with Crippen LogP contribution in [0.15, 0.2) is 48.5 Å². The van der Waals surface area contributed by atoms with Gasteiger partial charge in [-0.3, -0.25) is 4.79 Å². The highest BCUT2D eigenvalue weighted by Gasteiger charge is 2.32. The van der Waals surface area contributed by atoms with Crippen molar-refractivity contribution < 1.29 is 13.9 Å². The predicted octanol–water partition coefficient (Wildman–Crippen LogP) is 3.84. The average molecular weight is 496 g/mol. The van der Waals surface area contributed by atoms with Gasteiger partial charge in [-0.2, -0.15) is 4.37 Å². The average Bonchev–Trinajstić information content (AvgIpc) is 3.38. The molecule has 0 spiro atoms. The number of benzene rings is 2. The molecule has 5 rings (SSSR count). The molecule has 7 nitrogen and oxygen atoms in total. The molecule has 184 valence electrons. The van der Waals surface area contributed by atoms with Gasteiger partial charge in [0, 0.05) is 62.9 Å². The zero-order valence-electron chi connectivity index (χ0n) is 19.9. The first-order valence-corrected chi connectivity index (χ1v) is 12.9. The number of piperidine rings is 1. The predicted molar refractivity (Wildman–Crippen MR) is 136 cm³/mol. The van der Waals surface area contributed by atoms with Crippen LogP contribution in [0.4, 0.5) is 15.2 Å². The fourth-order valence-electron chi connectivity index (χ4n) is 4.82. The molecule has 35 heavy (non-hydrogen) atoms. The lowest BCUT2D eigenvalue weighted by molar-refractivity contribution is -0.136. The zero-order valence-corrected chi connectivity index (χ0v) is 20.7. The van der Waals surface area contributed by atoms with Crippen LogP contribution in [0.2, 0.25) is 0 Å². The molecule has 2 aliphatic heterocycles. The highest BCUT2D eigenvalue weighted by Crippen LogP contribution is 2.27. The van der Waals surface area contributed by atoms with E-state index in [2.05, 4.69) is 26.3 Å². The van der Waals surface area contributed by atoms with Gasteiger partial charge in [-0.1, -0.05) is 12.1 Å². The van der Waals surface area contributed by atoms with Gasteiger partial charge in [0.15, 0.2) is 0 Å². The Morgan fingerprint density at radius 2 is 1.77 bits per heavy atom. The number of rotatable bonds is 6. The Labute approximate surface area is 209 Å². The van der Waals surface area contributed by atoms with E-state index in [1.165, 1.54) is 23.7 Å². The molecule has 9 heteroatoms. The number of nitrogens with zero attached hydrogens (tertiary/aromatic N) is 5. The van der Waals surface area contributed by atoms with Crippen LogP contribution in [0, 0.1) is 11.7 Å². The van der Waals surface area contributed by atoms with Crippen LogP contribution in [0.1, 0.15) is 24.2 Å². The van der Waals surface area contributed by atoms with Crippen LogP contribution < -0.4 is 14.5 Å². The molecule has 0 bridgehead atoms. The number of amides is 1. The third-order valence-corrected chi connectivity index (χ3v) is 7.62. The lowest BCUT2D eigenvalue weighted by Crippen LogP contribution is -2.52. The standard InChI is InChI=1S/C26H30FN5O2S/c1-34-23-10-8-22(9-11-23)30-13-15-31(16-14-30)25(33)20-3-2-12-32(18-20)26-28-24(29-35-26)17-19-4-6-21(27)7-5-19/h4-11,20H,2-3,12-18H2,1H3. The van der Waals surface area contributed by atoms with Crippen molar-refractivity contribution >= 4 is 28.3 Å². The van der Waals surface area contributed by atoms with E-state index in [1.807, 2.05) is 17.0 Å². The summed E-state index contributed by atoms with van der Waals surface area (Å²) in [4.78, 5) is 24.6. The number of piperazine rings is 1. The second kappa shape index (κ2) is 10.6. The molecule has 2 aliphatic rings. The van der Waals surface area contributed by atoms with Crippen molar-refractivity contribution in [2.24, 2.45) is 5.92 Å². The first kappa shape index (κ1) is 23.5. The number of halogens is 1. The Bertz CT molecular complexity index is 1130. The second-order valence-electron chi connectivity index (χ2n) is 9.09. The topological polar surface area (TPSA) is 61.8 Å². The van der Waals surface area contributed by atoms with E-state index in [4.69, 9.17) is 9.72 Å². The van der Waals surface area contributed by atoms with Crippen LogP contribution in [-0.2, 0) is 11.2 Å².